The molecule has 0 bridgehead atoms. The highest BCUT2D eigenvalue weighted by molar-refractivity contribution is 5.97. The van der Waals surface area contributed by atoms with Gasteiger partial charge in [0.15, 0.2) is 0 Å². The van der Waals surface area contributed by atoms with Gasteiger partial charge in [-0.3, -0.25) is 9.59 Å². The van der Waals surface area contributed by atoms with Gasteiger partial charge < -0.3 is 15.8 Å². The van der Waals surface area contributed by atoms with Crippen LogP contribution in [0.5, 0.6) is 5.75 Å². The highest BCUT2D eigenvalue weighted by Crippen LogP contribution is 2.13. The monoisotopic (exact) mass is 298 g/mol. The number of nitrogens with two attached hydrogens (primary N) is 1. The smallest absolute Gasteiger partial charge is 0.251 e. The van der Waals surface area contributed by atoms with Crippen molar-refractivity contribution >= 4 is 11.8 Å². The first-order valence-electron chi connectivity index (χ1n) is 6.88. The summed E-state index contributed by atoms with van der Waals surface area (Å²) in [4.78, 5) is 23.7. The molecule has 22 heavy (non-hydrogen) atoms. The Kier molecular flexibility index (Phi) is 5.14. The lowest BCUT2D eigenvalue weighted by molar-refractivity contribution is -0.119. The zero-order valence-electron chi connectivity index (χ0n) is 12.3. The first-order valence-corrected chi connectivity index (χ1v) is 6.88. The Morgan fingerprint density at radius 3 is 2.27 bits per heavy atom. The number of hydrogen-bond acceptors (Lipinski definition) is 3. The Labute approximate surface area is 129 Å². The van der Waals surface area contributed by atoms with Crippen LogP contribution in [0, 0.1) is 0 Å². The van der Waals surface area contributed by atoms with Gasteiger partial charge >= 0.3 is 0 Å². The molecule has 3 N–H and O–H groups in total. The number of ether oxygens (including phenoxy) is 1. The van der Waals surface area contributed by atoms with Gasteiger partial charge in [0.05, 0.1) is 7.11 Å². The molecule has 0 aliphatic rings. The normalized spacial score (nSPS) is 11.5. The van der Waals surface area contributed by atoms with Crippen LogP contribution in [-0.4, -0.2) is 25.0 Å². The van der Waals surface area contributed by atoms with E-state index < -0.39 is 11.9 Å². The summed E-state index contributed by atoms with van der Waals surface area (Å²) in [5.41, 5.74) is 6.76. The molecule has 0 aliphatic carbocycles. The second-order valence-electron chi connectivity index (χ2n) is 4.85. The van der Waals surface area contributed by atoms with Gasteiger partial charge in [0.25, 0.3) is 5.91 Å². The SMILES string of the molecule is COc1ccc(C[C@@H](NC(=O)c2ccccc2)C(N)=O)cc1. The van der Waals surface area contributed by atoms with E-state index in [1.165, 1.54) is 0 Å². The molecule has 0 spiro atoms. The van der Waals surface area contributed by atoms with E-state index in [0.29, 0.717) is 12.0 Å². The molecule has 114 valence electrons. The number of carbonyl (C=O) groups is 2. The molecule has 0 fully saturated rings. The Bertz CT molecular complexity index is 639. The van der Waals surface area contributed by atoms with E-state index in [2.05, 4.69) is 5.32 Å². The Morgan fingerprint density at radius 2 is 1.73 bits per heavy atom. The lowest BCUT2D eigenvalue weighted by atomic mass is 10.0. The fourth-order valence-corrected chi connectivity index (χ4v) is 2.05. The summed E-state index contributed by atoms with van der Waals surface area (Å²) in [6.45, 7) is 0. The number of nitrogens with one attached hydrogen (secondary N) is 1. The molecular weight excluding hydrogens is 280 g/mol. The maximum absolute atomic E-state index is 12.1. The lowest BCUT2D eigenvalue weighted by Crippen LogP contribution is -2.45. The molecule has 0 radical (unpaired) electrons. The summed E-state index contributed by atoms with van der Waals surface area (Å²) in [5.74, 6) is -0.161. The summed E-state index contributed by atoms with van der Waals surface area (Å²) < 4.78 is 5.08. The third kappa shape index (κ3) is 4.09. The topological polar surface area (TPSA) is 81.4 Å². The van der Waals surface area contributed by atoms with Gasteiger partial charge in [0.2, 0.25) is 5.91 Å². The Morgan fingerprint density at radius 1 is 1.09 bits per heavy atom. The number of benzene rings is 2. The van der Waals surface area contributed by atoms with Crippen LogP contribution in [0.2, 0.25) is 0 Å². The van der Waals surface area contributed by atoms with Crippen molar-refractivity contribution in [3.63, 3.8) is 0 Å². The van der Waals surface area contributed by atoms with Gasteiger partial charge in [-0.05, 0) is 29.8 Å². The van der Waals surface area contributed by atoms with E-state index in [1.54, 1.807) is 43.5 Å². The van der Waals surface area contributed by atoms with E-state index in [9.17, 15) is 9.59 Å². The molecule has 0 saturated carbocycles. The maximum atomic E-state index is 12.1. The number of amides is 2. The zero-order valence-corrected chi connectivity index (χ0v) is 12.3. The summed E-state index contributed by atoms with van der Waals surface area (Å²) in [6.07, 6.45) is 0.331. The number of rotatable bonds is 6. The van der Waals surface area contributed by atoms with Crippen molar-refractivity contribution in [1.29, 1.82) is 0 Å². The highest BCUT2D eigenvalue weighted by atomic mass is 16.5. The summed E-state index contributed by atoms with van der Waals surface area (Å²) in [6, 6.07) is 15.2. The number of primary amides is 1. The largest absolute Gasteiger partial charge is 0.497 e. The van der Waals surface area contributed by atoms with Crippen LogP contribution in [-0.2, 0) is 11.2 Å². The second kappa shape index (κ2) is 7.26. The van der Waals surface area contributed by atoms with Crippen LogP contribution in [0.25, 0.3) is 0 Å². The Balaban J connectivity index is 2.06. The average Bonchev–Trinajstić information content (AvgIpc) is 2.55. The molecule has 0 aromatic heterocycles. The molecule has 0 aliphatic heterocycles. The molecule has 2 aromatic rings. The van der Waals surface area contributed by atoms with Gasteiger partial charge in [0.1, 0.15) is 11.8 Å². The van der Waals surface area contributed by atoms with Gasteiger partial charge in [-0.1, -0.05) is 30.3 Å². The fraction of sp³-hybridized carbons (Fsp3) is 0.176. The van der Waals surface area contributed by atoms with Crippen molar-refractivity contribution in [2.24, 2.45) is 5.73 Å². The standard InChI is InChI=1S/C17H18N2O3/c1-22-14-9-7-12(8-10-14)11-15(16(18)20)19-17(21)13-5-3-2-4-6-13/h2-10,15H,11H2,1H3,(H2,18,20)(H,19,21)/t15-/m1/s1. The number of methoxy groups -OCH3 is 1. The van der Waals surface area contributed by atoms with Crippen molar-refractivity contribution < 1.29 is 14.3 Å². The molecule has 0 heterocycles. The fourth-order valence-electron chi connectivity index (χ4n) is 2.05. The molecule has 1 atom stereocenters. The van der Waals surface area contributed by atoms with E-state index in [0.717, 1.165) is 11.3 Å². The minimum absolute atomic E-state index is 0.321. The van der Waals surface area contributed by atoms with Gasteiger partial charge in [-0.25, -0.2) is 0 Å². The molecule has 0 saturated heterocycles. The summed E-state index contributed by atoms with van der Waals surface area (Å²) in [5, 5.41) is 2.67. The van der Waals surface area contributed by atoms with Crippen molar-refractivity contribution in [3.05, 3.63) is 65.7 Å². The quantitative estimate of drug-likeness (QED) is 0.848. The Hall–Kier alpha value is -2.82. The summed E-state index contributed by atoms with van der Waals surface area (Å²) in [7, 11) is 1.58. The molecule has 2 amide bonds. The molecule has 2 aromatic carbocycles. The van der Waals surface area contributed by atoms with Crippen LogP contribution in [0.1, 0.15) is 15.9 Å². The number of carbonyl (C=O) groups excluding carboxylic acids is 2. The van der Waals surface area contributed by atoms with Crippen LogP contribution in [0.4, 0.5) is 0 Å². The van der Waals surface area contributed by atoms with Crippen molar-refractivity contribution in [2.75, 3.05) is 7.11 Å². The van der Waals surface area contributed by atoms with E-state index in [-0.39, 0.29) is 5.91 Å². The van der Waals surface area contributed by atoms with Crippen LogP contribution >= 0.6 is 0 Å². The minimum Gasteiger partial charge on any atom is -0.497 e. The van der Waals surface area contributed by atoms with Crippen molar-refractivity contribution in [1.82, 2.24) is 5.32 Å². The molecule has 0 unspecified atom stereocenters. The third-order valence-electron chi connectivity index (χ3n) is 3.28. The van der Waals surface area contributed by atoms with Gasteiger partial charge in [0, 0.05) is 12.0 Å². The van der Waals surface area contributed by atoms with E-state index >= 15 is 0 Å². The van der Waals surface area contributed by atoms with Crippen molar-refractivity contribution in [2.45, 2.75) is 12.5 Å². The van der Waals surface area contributed by atoms with Gasteiger partial charge in [-0.2, -0.15) is 0 Å². The van der Waals surface area contributed by atoms with E-state index in [1.807, 2.05) is 18.2 Å². The minimum atomic E-state index is -0.763. The summed E-state index contributed by atoms with van der Waals surface area (Å²) >= 11 is 0. The van der Waals surface area contributed by atoms with E-state index in [4.69, 9.17) is 10.5 Å². The zero-order chi connectivity index (χ0) is 15.9. The predicted octanol–water partition coefficient (Wildman–Crippen LogP) is 1.52. The van der Waals surface area contributed by atoms with Gasteiger partial charge in [-0.15, -0.1) is 0 Å². The molecular formula is C17H18N2O3. The molecule has 5 nitrogen and oxygen atoms in total. The highest BCUT2D eigenvalue weighted by Gasteiger charge is 2.19. The predicted molar refractivity (Wildman–Crippen MR) is 83.6 cm³/mol. The van der Waals surface area contributed by atoms with Crippen molar-refractivity contribution in [3.8, 4) is 5.75 Å². The lowest BCUT2D eigenvalue weighted by Gasteiger charge is -2.16. The first kappa shape index (κ1) is 15.6. The first-order chi connectivity index (χ1) is 10.6. The van der Waals surface area contributed by atoms with Crippen LogP contribution < -0.4 is 15.8 Å². The maximum Gasteiger partial charge on any atom is 0.251 e. The third-order valence-corrected chi connectivity index (χ3v) is 3.28. The molecule has 2 rings (SSSR count). The van der Waals surface area contributed by atoms with Crippen LogP contribution in [0.3, 0.4) is 0 Å². The van der Waals surface area contributed by atoms with Crippen LogP contribution in [0.15, 0.2) is 54.6 Å². The molecule has 5 heteroatoms. The average molecular weight is 298 g/mol. The second-order valence-corrected chi connectivity index (χ2v) is 4.85. The number of hydrogen-bond donors (Lipinski definition) is 2.